The molecule has 6 nitrogen and oxygen atoms in total. The fourth-order valence-corrected chi connectivity index (χ4v) is 3.07. The van der Waals surface area contributed by atoms with E-state index in [0.29, 0.717) is 13.1 Å². The number of anilines is 1. The minimum atomic E-state index is -0.453. The van der Waals surface area contributed by atoms with Crippen molar-refractivity contribution in [2.45, 2.75) is 39.8 Å². The number of benzene rings is 1. The first-order valence-corrected chi connectivity index (χ1v) is 9.11. The first-order valence-electron chi connectivity index (χ1n) is 9.11. The van der Waals surface area contributed by atoms with Gasteiger partial charge in [0.05, 0.1) is 18.4 Å². The molecule has 1 amide bonds. The Kier molecular flexibility index (Phi) is 5.20. The number of amides is 1. The highest BCUT2D eigenvalue weighted by atomic mass is 16.6. The van der Waals surface area contributed by atoms with Crippen LogP contribution in [0.5, 0.6) is 0 Å². The van der Waals surface area contributed by atoms with Crippen LogP contribution in [0, 0.1) is 6.92 Å². The third-order valence-corrected chi connectivity index (χ3v) is 4.34. The lowest BCUT2D eigenvalue weighted by Crippen LogP contribution is -2.50. The molecule has 1 saturated heterocycles. The third kappa shape index (κ3) is 4.77. The second-order valence-corrected chi connectivity index (χ2v) is 7.84. The van der Waals surface area contributed by atoms with Gasteiger partial charge in [-0.15, -0.1) is 0 Å². The van der Waals surface area contributed by atoms with E-state index in [1.165, 1.54) is 11.1 Å². The Balaban J connectivity index is 1.55. The molecule has 0 unspecified atom stereocenters. The summed E-state index contributed by atoms with van der Waals surface area (Å²) in [5, 5.41) is 4.49. The number of aromatic nitrogens is 2. The number of hydrogen-bond donors (Lipinski definition) is 0. The van der Waals surface area contributed by atoms with E-state index in [2.05, 4.69) is 47.4 Å². The summed E-state index contributed by atoms with van der Waals surface area (Å²) in [6.45, 7) is 11.4. The fourth-order valence-electron chi connectivity index (χ4n) is 3.07. The monoisotopic (exact) mass is 356 g/mol. The van der Waals surface area contributed by atoms with Gasteiger partial charge in [-0.1, -0.05) is 29.8 Å². The number of rotatable bonds is 3. The van der Waals surface area contributed by atoms with Crippen LogP contribution in [0.2, 0.25) is 0 Å². The van der Waals surface area contributed by atoms with E-state index in [4.69, 9.17) is 4.74 Å². The van der Waals surface area contributed by atoms with Gasteiger partial charge in [-0.3, -0.25) is 4.68 Å². The molecule has 1 aromatic heterocycles. The molecular weight excluding hydrogens is 328 g/mol. The summed E-state index contributed by atoms with van der Waals surface area (Å²) in [7, 11) is 0. The van der Waals surface area contributed by atoms with Gasteiger partial charge >= 0.3 is 6.09 Å². The molecule has 0 bridgehead atoms. The van der Waals surface area contributed by atoms with Gasteiger partial charge in [-0.05, 0) is 33.3 Å². The second-order valence-electron chi connectivity index (χ2n) is 7.84. The summed E-state index contributed by atoms with van der Waals surface area (Å²) in [5.41, 5.74) is 3.15. The van der Waals surface area contributed by atoms with Crippen molar-refractivity contribution < 1.29 is 9.53 Å². The van der Waals surface area contributed by atoms with Crippen molar-refractivity contribution in [2.24, 2.45) is 0 Å². The van der Waals surface area contributed by atoms with Gasteiger partial charge < -0.3 is 14.5 Å². The van der Waals surface area contributed by atoms with Crippen molar-refractivity contribution in [1.82, 2.24) is 14.7 Å². The van der Waals surface area contributed by atoms with Crippen molar-refractivity contribution in [1.29, 1.82) is 0 Å². The summed E-state index contributed by atoms with van der Waals surface area (Å²) < 4.78 is 7.41. The van der Waals surface area contributed by atoms with E-state index < -0.39 is 5.60 Å². The number of ether oxygens (including phenoxy) is 1. The molecule has 6 heteroatoms. The Morgan fingerprint density at radius 1 is 1.19 bits per heavy atom. The predicted molar refractivity (Wildman–Crippen MR) is 103 cm³/mol. The zero-order chi connectivity index (χ0) is 18.7. The molecule has 0 spiro atoms. The van der Waals surface area contributed by atoms with Crippen molar-refractivity contribution in [3.8, 4) is 0 Å². The highest BCUT2D eigenvalue weighted by molar-refractivity contribution is 5.68. The molecule has 0 aliphatic carbocycles. The summed E-state index contributed by atoms with van der Waals surface area (Å²) in [4.78, 5) is 16.2. The zero-order valence-electron chi connectivity index (χ0n) is 16.1. The number of carbonyl (C=O) groups excluding carboxylic acids is 1. The van der Waals surface area contributed by atoms with E-state index in [1.807, 2.05) is 31.6 Å². The molecule has 2 aromatic rings. The average molecular weight is 356 g/mol. The maximum atomic E-state index is 12.2. The van der Waals surface area contributed by atoms with Crippen LogP contribution in [0.3, 0.4) is 0 Å². The zero-order valence-corrected chi connectivity index (χ0v) is 16.1. The van der Waals surface area contributed by atoms with Gasteiger partial charge in [0.1, 0.15) is 5.60 Å². The Hall–Kier alpha value is -2.50. The molecule has 140 valence electrons. The third-order valence-electron chi connectivity index (χ3n) is 4.34. The van der Waals surface area contributed by atoms with Crippen LogP contribution in [0.1, 0.15) is 31.9 Å². The maximum absolute atomic E-state index is 12.2. The van der Waals surface area contributed by atoms with Crippen molar-refractivity contribution in [3.05, 3.63) is 47.8 Å². The lowest BCUT2D eigenvalue weighted by molar-refractivity contribution is 0.0240. The summed E-state index contributed by atoms with van der Waals surface area (Å²) in [5.74, 6) is 0. The van der Waals surface area contributed by atoms with Gasteiger partial charge in [0.25, 0.3) is 0 Å². The molecule has 1 aromatic carbocycles. The quantitative estimate of drug-likeness (QED) is 0.847. The molecule has 0 atom stereocenters. The number of carbonyl (C=O) groups is 1. The van der Waals surface area contributed by atoms with E-state index >= 15 is 0 Å². The highest BCUT2D eigenvalue weighted by Gasteiger charge is 2.26. The van der Waals surface area contributed by atoms with Crippen molar-refractivity contribution in [2.75, 3.05) is 31.1 Å². The Morgan fingerprint density at radius 2 is 1.92 bits per heavy atom. The highest BCUT2D eigenvalue weighted by Crippen LogP contribution is 2.18. The van der Waals surface area contributed by atoms with Gasteiger partial charge in [0.15, 0.2) is 0 Å². The average Bonchev–Trinajstić information content (AvgIpc) is 3.02. The number of nitrogens with zero attached hydrogens (tertiary/aromatic N) is 4. The summed E-state index contributed by atoms with van der Waals surface area (Å²) in [6, 6.07) is 8.47. The molecule has 0 radical (unpaired) electrons. The Morgan fingerprint density at radius 3 is 2.58 bits per heavy atom. The van der Waals surface area contributed by atoms with Crippen LogP contribution in [-0.2, 0) is 11.3 Å². The summed E-state index contributed by atoms with van der Waals surface area (Å²) in [6.07, 6.45) is 3.75. The van der Waals surface area contributed by atoms with Crippen LogP contribution in [-0.4, -0.2) is 52.6 Å². The normalized spacial score (nSPS) is 15.2. The molecule has 1 fully saturated rings. The lowest BCUT2D eigenvalue weighted by atomic mass is 10.1. The van der Waals surface area contributed by atoms with Gasteiger partial charge in [0.2, 0.25) is 0 Å². The van der Waals surface area contributed by atoms with Crippen LogP contribution < -0.4 is 4.90 Å². The lowest BCUT2D eigenvalue weighted by Gasteiger charge is -2.36. The van der Waals surface area contributed by atoms with E-state index in [9.17, 15) is 4.79 Å². The van der Waals surface area contributed by atoms with E-state index in [1.54, 1.807) is 4.90 Å². The minimum Gasteiger partial charge on any atom is -0.444 e. The fraction of sp³-hybridized carbons (Fsp3) is 0.500. The Bertz CT molecular complexity index is 755. The van der Waals surface area contributed by atoms with Gasteiger partial charge in [-0.25, -0.2) is 4.79 Å². The largest absolute Gasteiger partial charge is 0.444 e. The molecule has 26 heavy (non-hydrogen) atoms. The van der Waals surface area contributed by atoms with Gasteiger partial charge in [0, 0.05) is 32.4 Å². The van der Waals surface area contributed by atoms with Crippen LogP contribution in [0.15, 0.2) is 36.7 Å². The molecule has 1 aliphatic heterocycles. The Labute approximate surface area is 155 Å². The molecule has 3 rings (SSSR count). The SMILES string of the molecule is Cc1cccc(Cn2cc(N3CCN(C(=O)OC(C)(C)C)CC3)cn2)c1. The first kappa shape index (κ1) is 18.3. The molecule has 2 heterocycles. The second kappa shape index (κ2) is 7.40. The van der Waals surface area contributed by atoms with Crippen LogP contribution in [0.25, 0.3) is 0 Å². The minimum absolute atomic E-state index is 0.229. The smallest absolute Gasteiger partial charge is 0.410 e. The van der Waals surface area contributed by atoms with Crippen molar-refractivity contribution >= 4 is 11.8 Å². The van der Waals surface area contributed by atoms with E-state index in [0.717, 1.165) is 25.3 Å². The predicted octanol–water partition coefficient (Wildman–Crippen LogP) is 3.30. The van der Waals surface area contributed by atoms with Crippen LogP contribution in [0.4, 0.5) is 10.5 Å². The van der Waals surface area contributed by atoms with E-state index in [-0.39, 0.29) is 6.09 Å². The number of aryl methyl sites for hydroxylation is 1. The molecule has 0 N–H and O–H groups in total. The van der Waals surface area contributed by atoms with Crippen LogP contribution >= 0.6 is 0 Å². The number of piperazine rings is 1. The van der Waals surface area contributed by atoms with Crippen molar-refractivity contribution in [3.63, 3.8) is 0 Å². The molecule has 0 saturated carbocycles. The first-order chi connectivity index (χ1) is 12.3. The maximum Gasteiger partial charge on any atom is 0.410 e. The molecule has 1 aliphatic rings. The summed E-state index contributed by atoms with van der Waals surface area (Å²) >= 11 is 0. The topological polar surface area (TPSA) is 50.6 Å². The van der Waals surface area contributed by atoms with Gasteiger partial charge in [-0.2, -0.15) is 5.10 Å². The standard InChI is InChI=1S/C20H28N4O2/c1-16-6-5-7-17(12-16)14-24-15-18(13-21-24)22-8-10-23(11-9-22)19(25)26-20(2,3)4/h5-7,12-13,15H,8-11,14H2,1-4H3. The number of hydrogen-bond acceptors (Lipinski definition) is 4. The molecular formula is C20H28N4O2.